The van der Waals surface area contributed by atoms with Crippen LogP contribution in [0.3, 0.4) is 0 Å². The molecule has 0 fully saturated rings. The number of aryl methyl sites for hydroxylation is 1. The first-order valence-corrected chi connectivity index (χ1v) is 7.11. The molecule has 98 valence electrons. The predicted octanol–water partition coefficient (Wildman–Crippen LogP) is -1.08. The number of ketones is 1. The molecular weight excluding hydrogens is 291 g/mol. The van der Waals surface area contributed by atoms with Gasteiger partial charge in [-0.2, -0.15) is 8.42 Å². The van der Waals surface area contributed by atoms with Crippen molar-refractivity contribution in [1.82, 2.24) is 0 Å². The minimum Gasteiger partial charge on any atom is -0.507 e. The summed E-state index contributed by atoms with van der Waals surface area (Å²) in [6.45, 7) is 0. The van der Waals surface area contributed by atoms with E-state index in [1.54, 1.807) is 0 Å². The van der Waals surface area contributed by atoms with Gasteiger partial charge in [0.1, 0.15) is 5.75 Å². The first-order chi connectivity index (χ1) is 8.88. The van der Waals surface area contributed by atoms with Crippen LogP contribution in [0.4, 0.5) is 0 Å². The monoisotopic (exact) mass is 301 g/mol. The van der Waals surface area contributed by atoms with Crippen molar-refractivity contribution in [3.63, 3.8) is 0 Å². The quantitative estimate of drug-likeness (QED) is 0.517. The van der Waals surface area contributed by atoms with E-state index in [2.05, 4.69) is 0 Å². The van der Waals surface area contributed by atoms with Crippen molar-refractivity contribution in [2.24, 2.45) is 0 Å². The minimum absolute atomic E-state index is 0. The molecule has 3 rings (SSSR count). The zero-order valence-electron chi connectivity index (χ0n) is 10.8. The Kier molecular flexibility index (Phi) is 3.96. The molecular formula is C13H10NaO5S+. The number of Topliss-reactive ketones (excluding diaryl/α,β-unsaturated/α-hetero) is 1. The first-order valence-electron chi connectivity index (χ1n) is 5.67. The molecule has 0 unspecified atom stereocenters. The van der Waals surface area contributed by atoms with Gasteiger partial charge in [-0.25, -0.2) is 0 Å². The maximum absolute atomic E-state index is 11.7. The van der Waals surface area contributed by atoms with Gasteiger partial charge in [-0.3, -0.25) is 9.35 Å². The molecule has 1 aliphatic carbocycles. The van der Waals surface area contributed by atoms with Crippen LogP contribution in [-0.2, 0) is 16.5 Å². The average molecular weight is 301 g/mol. The van der Waals surface area contributed by atoms with Crippen molar-refractivity contribution >= 4 is 26.7 Å². The second kappa shape index (κ2) is 5.13. The Hall–Kier alpha value is -0.920. The maximum Gasteiger partial charge on any atom is 1.00 e. The van der Waals surface area contributed by atoms with Gasteiger partial charge in [0.05, 0.1) is 4.90 Å². The fourth-order valence-electron chi connectivity index (χ4n) is 2.49. The van der Waals surface area contributed by atoms with Crippen LogP contribution < -0.4 is 29.6 Å². The number of carbonyl (C=O) groups excluding carboxylic acids is 1. The number of phenols is 1. The molecule has 7 heteroatoms. The molecule has 1 aliphatic rings. The number of carbonyl (C=O) groups is 1. The Labute approximate surface area is 137 Å². The van der Waals surface area contributed by atoms with E-state index in [4.69, 9.17) is 4.55 Å². The fourth-order valence-corrected chi connectivity index (χ4v) is 3.00. The number of aromatic hydroxyl groups is 1. The number of fused-ring (bicyclic) bond motifs is 3. The summed E-state index contributed by atoms with van der Waals surface area (Å²) in [5, 5.41) is 10.9. The Balaban J connectivity index is 0.00000147. The summed E-state index contributed by atoms with van der Waals surface area (Å²) in [4.78, 5) is 11.4. The van der Waals surface area contributed by atoms with Crippen LogP contribution in [0.2, 0.25) is 0 Å². The first kappa shape index (κ1) is 15.5. The second-order valence-corrected chi connectivity index (χ2v) is 5.95. The third kappa shape index (κ3) is 2.38. The third-order valence-electron chi connectivity index (χ3n) is 3.40. The molecule has 0 saturated heterocycles. The van der Waals surface area contributed by atoms with Crippen molar-refractivity contribution in [2.45, 2.75) is 17.7 Å². The van der Waals surface area contributed by atoms with Gasteiger partial charge in [-0.1, -0.05) is 0 Å². The molecule has 0 atom stereocenters. The molecule has 0 amide bonds. The van der Waals surface area contributed by atoms with Gasteiger partial charge in [-0.05, 0) is 41.6 Å². The zero-order valence-corrected chi connectivity index (χ0v) is 13.6. The normalized spacial score (nSPS) is 14.2. The van der Waals surface area contributed by atoms with E-state index in [-0.39, 0.29) is 46.0 Å². The van der Waals surface area contributed by atoms with Crippen molar-refractivity contribution in [3.05, 3.63) is 35.4 Å². The summed E-state index contributed by atoms with van der Waals surface area (Å²) in [7, 11) is -4.30. The number of hydrogen-bond acceptors (Lipinski definition) is 4. The number of rotatable bonds is 1. The van der Waals surface area contributed by atoms with Gasteiger partial charge in [0, 0.05) is 17.4 Å². The largest absolute Gasteiger partial charge is 1.00 e. The van der Waals surface area contributed by atoms with Gasteiger partial charge >= 0.3 is 29.6 Å². The van der Waals surface area contributed by atoms with E-state index in [1.165, 1.54) is 24.3 Å². The average Bonchev–Trinajstić information content (AvgIpc) is 2.70. The third-order valence-corrected chi connectivity index (χ3v) is 4.25. The van der Waals surface area contributed by atoms with E-state index in [0.717, 1.165) is 5.56 Å². The summed E-state index contributed by atoms with van der Waals surface area (Å²) in [5.41, 5.74) is 1.15. The molecule has 0 bridgehead atoms. The Morgan fingerprint density at radius 3 is 2.40 bits per heavy atom. The van der Waals surface area contributed by atoms with E-state index in [9.17, 15) is 18.3 Å². The zero-order chi connectivity index (χ0) is 13.8. The van der Waals surface area contributed by atoms with Gasteiger partial charge in [-0.15, -0.1) is 0 Å². The summed E-state index contributed by atoms with van der Waals surface area (Å²) in [6, 6.07) is 5.36. The van der Waals surface area contributed by atoms with E-state index >= 15 is 0 Å². The van der Waals surface area contributed by atoms with E-state index in [0.29, 0.717) is 29.2 Å². The van der Waals surface area contributed by atoms with Crippen LogP contribution in [0.15, 0.2) is 29.2 Å². The van der Waals surface area contributed by atoms with Crippen LogP contribution in [0.5, 0.6) is 5.75 Å². The molecule has 0 radical (unpaired) electrons. The Morgan fingerprint density at radius 2 is 1.75 bits per heavy atom. The van der Waals surface area contributed by atoms with Gasteiger partial charge in [0.2, 0.25) is 0 Å². The smallest absolute Gasteiger partial charge is 0.507 e. The molecule has 2 N–H and O–H groups in total. The van der Waals surface area contributed by atoms with Crippen molar-refractivity contribution in [2.75, 3.05) is 0 Å². The number of phenolic OH excluding ortho intramolecular Hbond substituents is 1. The van der Waals surface area contributed by atoms with Crippen LogP contribution in [0, 0.1) is 0 Å². The molecule has 0 saturated carbocycles. The molecule has 0 aromatic heterocycles. The Morgan fingerprint density at radius 1 is 1.05 bits per heavy atom. The molecule has 0 heterocycles. The van der Waals surface area contributed by atoms with Crippen molar-refractivity contribution < 1.29 is 52.4 Å². The van der Waals surface area contributed by atoms with E-state index in [1.807, 2.05) is 0 Å². The van der Waals surface area contributed by atoms with E-state index < -0.39 is 10.1 Å². The Bertz CT molecular complexity index is 826. The minimum atomic E-state index is -4.30. The number of benzene rings is 2. The second-order valence-electron chi connectivity index (χ2n) is 4.53. The van der Waals surface area contributed by atoms with Gasteiger partial charge in [0.25, 0.3) is 10.1 Å². The predicted molar refractivity (Wildman–Crippen MR) is 68.1 cm³/mol. The SMILES string of the molecule is O=C1CCc2c1cc(O)c1ccc(S(=O)(=O)O)cc21.[Na+]. The number of hydrogen-bond donors (Lipinski definition) is 2. The van der Waals surface area contributed by atoms with Crippen LogP contribution in [0.1, 0.15) is 22.3 Å². The summed E-state index contributed by atoms with van der Waals surface area (Å²) in [6.07, 6.45) is 0.865. The van der Waals surface area contributed by atoms with Crippen LogP contribution >= 0.6 is 0 Å². The van der Waals surface area contributed by atoms with Crippen LogP contribution in [0.25, 0.3) is 10.8 Å². The molecule has 0 spiro atoms. The molecule has 2 aromatic carbocycles. The molecule has 2 aromatic rings. The standard InChI is InChI=1S/C13H10O5S.Na/c14-12-4-3-8-10-5-7(19(16,17)18)1-2-9(10)13(15)6-11(8)12;/h1-2,5-6,15H,3-4H2,(H,16,17,18);/q;+1. The summed E-state index contributed by atoms with van der Waals surface area (Å²) < 4.78 is 31.4. The van der Waals surface area contributed by atoms with Crippen molar-refractivity contribution in [1.29, 1.82) is 0 Å². The topological polar surface area (TPSA) is 91.7 Å². The van der Waals surface area contributed by atoms with Gasteiger partial charge < -0.3 is 5.11 Å². The fraction of sp³-hybridized carbons (Fsp3) is 0.154. The molecule has 20 heavy (non-hydrogen) atoms. The summed E-state index contributed by atoms with van der Waals surface area (Å²) in [5.74, 6) is -0.129. The van der Waals surface area contributed by atoms with Crippen LogP contribution in [-0.4, -0.2) is 23.9 Å². The van der Waals surface area contributed by atoms with Gasteiger partial charge in [0.15, 0.2) is 5.78 Å². The maximum atomic E-state index is 11.7. The summed E-state index contributed by atoms with van der Waals surface area (Å²) >= 11 is 0. The van der Waals surface area contributed by atoms with Crippen molar-refractivity contribution in [3.8, 4) is 5.75 Å². The molecule has 0 aliphatic heterocycles. The molecule has 5 nitrogen and oxygen atoms in total.